The normalized spacial score (nSPS) is 16.1. The number of likely N-dealkylation sites (N-methyl/N-ethyl adjacent to an activating group) is 1. The molecule has 1 aromatic carbocycles. The van der Waals surface area contributed by atoms with Gasteiger partial charge in [-0.2, -0.15) is 0 Å². The summed E-state index contributed by atoms with van der Waals surface area (Å²) in [5.41, 5.74) is 0.656. The monoisotopic (exact) mass is 438 g/mol. The number of carboxylic acids is 1. The zero-order valence-corrected chi connectivity index (χ0v) is 18.1. The van der Waals surface area contributed by atoms with E-state index in [0.717, 1.165) is 16.7 Å². The maximum Gasteiger partial charge on any atom is 0.323 e. The van der Waals surface area contributed by atoms with Crippen molar-refractivity contribution in [1.29, 1.82) is 0 Å². The van der Waals surface area contributed by atoms with E-state index in [4.69, 9.17) is 26.8 Å². The van der Waals surface area contributed by atoms with Crippen molar-refractivity contribution in [1.82, 2.24) is 9.80 Å². The standard InChI is InChI=1S/C19H22N2O6S2/c1-5-26-14-8-12(6-7-13(14)27-11(2)17(24)20(3)4)9-15-18(25)21(10-16(22)23)19(28)29-15/h6-9,11H,5,10H2,1-4H3,(H,22,23)/b15-9-/t11-/m0/s1. The lowest BCUT2D eigenvalue weighted by Gasteiger charge is -2.20. The van der Waals surface area contributed by atoms with E-state index in [1.165, 1.54) is 4.90 Å². The minimum Gasteiger partial charge on any atom is -0.490 e. The van der Waals surface area contributed by atoms with E-state index in [2.05, 4.69) is 0 Å². The molecule has 0 radical (unpaired) electrons. The number of nitrogens with zero attached hydrogens (tertiary/aromatic N) is 2. The van der Waals surface area contributed by atoms with Gasteiger partial charge in [-0.15, -0.1) is 0 Å². The molecule has 0 saturated carbocycles. The van der Waals surface area contributed by atoms with Gasteiger partial charge >= 0.3 is 5.97 Å². The first-order valence-corrected chi connectivity index (χ1v) is 9.98. The van der Waals surface area contributed by atoms with Gasteiger partial charge in [0.05, 0.1) is 11.5 Å². The lowest BCUT2D eigenvalue weighted by atomic mass is 10.1. The van der Waals surface area contributed by atoms with Crippen LogP contribution in [0.3, 0.4) is 0 Å². The Morgan fingerprint density at radius 3 is 2.62 bits per heavy atom. The van der Waals surface area contributed by atoms with Crippen LogP contribution >= 0.6 is 24.0 Å². The molecule has 8 nitrogen and oxygen atoms in total. The summed E-state index contributed by atoms with van der Waals surface area (Å²) in [5, 5.41) is 8.92. The molecule has 1 atom stereocenters. The molecule has 0 aliphatic carbocycles. The Kier molecular flexibility index (Phi) is 7.63. The minimum absolute atomic E-state index is 0.182. The molecule has 2 rings (SSSR count). The molecule has 0 spiro atoms. The van der Waals surface area contributed by atoms with Crippen LogP contribution in [0, 0.1) is 0 Å². The molecule has 29 heavy (non-hydrogen) atoms. The van der Waals surface area contributed by atoms with Crippen molar-refractivity contribution in [3.63, 3.8) is 0 Å². The van der Waals surface area contributed by atoms with Crippen LogP contribution in [-0.2, 0) is 14.4 Å². The maximum absolute atomic E-state index is 12.4. The first-order valence-electron chi connectivity index (χ1n) is 8.75. The number of carbonyl (C=O) groups is 3. The molecule has 1 fully saturated rings. The summed E-state index contributed by atoms with van der Waals surface area (Å²) in [6.07, 6.45) is 0.921. The molecule has 156 valence electrons. The Balaban J connectivity index is 2.27. The number of thiocarbonyl (C=S) groups is 1. The van der Waals surface area contributed by atoms with Crippen LogP contribution in [0.15, 0.2) is 23.1 Å². The van der Waals surface area contributed by atoms with Gasteiger partial charge in [0.1, 0.15) is 10.9 Å². The number of ether oxygens (including phenoxy) is 2. The van der Waals surface area contributed by atoms with E-state index < -0.39 is 24.5 Å². The predicted molar refractivity (Wildman–Crippen MR) is 114 cm³/mol. The number of benzene rings is 1. The van der Waals surface area contributed by atoms with Crippen molar-refractivity contribution in [2.45, 2.75) is 20.0 Å². The second-order valence-electron chi connectivity index (χ2n) is 6.29. The van der Waals surface area contributed by atoms with E-state index in [0.29, 0.717) is 28.6 Å². The number of rotatable bonds is 8. The van der Waals surface area contributed by atoms with Crippen molar-refractivity contribution in [2.24, 2.45) is 0 Å². The van der Waals surface area contributed by atoms with Gasteiger partial charge in [0.15, 0.2) is 17.6 Å². The predicted octanol–water partition coefficient (Wildman–Crippen LogP) is 2.23. The molecule has 1 aromatic rings. The maximum atomic E-state index is 12.4. The van der Waals surface area contributed by atoms with Gasteiger partial charge in [-0.3, -0.25) is 19.3 Å². The summed E-state index contributed by atoms with van der Waals surface area (Å²) < 4.78 is 11.6. The second-order valence-corrected chi connectivity index (χ2v) is 7.97. The van der Waals surface area contributed by atoms with E-state index >= 15 is 0 Å². The number of thioether (sulfide) groups is 1. The molecule has 2 amide bonds. The number of hydrogen-bond donors (Lipinski definition) is 1. The second kappa shape index (κ2) is 9.75. The van der Waals surface area contributed by atoms with Gasteiger partial charge in [0.25, 0.3) is 11.8 Å². The quantitative estimate of drug-likeness (QED) is 0.488. The number of amides is 2. The summed E-state index contributed by atoms with van der Waals surface area (Å²) in [7, 11) is 3.30. The molecule has 1 saturated heterocycles. The van der Waals surface area contributed by atoms with Gasteiger partial charge in [-0.1, -0.05) is 30.0 Å². The fourth-order valence-corrected chi connectivity index (χ4v) is 3.76. The molecule has 1 aliphatic rings. The highest BCUT2D eigenvalue weighted by Gasteiger charge is 2.33. The van der Waals surface area contributed by atoms with E-state index in [1.54, 1.807) is 45.3 Å². The van der Waals surface area contributed by atoms with Gasteiger partial charge in [-0.05, 0) is 37.6 Å². The van der Waals surface area contributed by atoms with Crippen LogP contribution in [-0.4, -0.2) is 70.4 Å². The van der Waals surface area contributed by atoms with Gasteiger partial charge < -0.3 is 19.5 Å². The molecule has 0 unspecified atom stereocenters. The smallest absolute Gasteiger partial charge is 0.323 e. The van der Waals surface area contributed by atoms with Crippen LogP contribution in [0.1, 0.15) is 19.4 Å². The SMILES string of the molecule is CCOc1cc(/C=C2\SC(=S)N(CC(=O)O)C2=O)ccc1O[C@@H](C)C(=O)N(C)C. The average molecular weight is 439 g/mol. The van der Waals surface area contributed by atoms with Crippen LogP contribution in [0.25, 0.3) is 6.08 Å². The average Bonchev–Trinajstić information content (AvgIpc) is 2.90. The van der Waals surface area contributed by atoms with E-state index in [-0.39, 0.29) is 10.2 Å². The highest BCUT2D eigenvalue weighted by Crippen LogP contribution is 2.35. The van der Waals surface area contributed by atoms with Crippen molar-refractivity contribution in [2.75, 3.05) is 27.2 Å². The Hall–Kier alpha value is -2.59. The Morgan fingerprint density at radius 1 is 1.34 bits per heavy atom. The molecule has 1 heterocycles. The lowest BCUT2D eigenvalue weighted by molar-refractivity contribution is -0.140. The number of hydrogen-bond acceptors (Lipinski definition) is 7. The number of carbonyl (C=O) groups excluding carboxylic acids is 2. The Bertz CT molecular complexity index is 868. The van der Waals surface area contributed by atoms with Crippen molar-refractivity contribution >= 4 is 52.2 Å². The first-order chi connectivity index (χ1) is 13.6. The third kappa shape index (κ3) is 5.70. The summed E-state index contributed by atoms with van der Waals surface area (Å²) in [4.78, 5) is 38.2. The summed E-state index contributed by atoms with van der Waals surface area (Å²) in [6, 6.07) is 5.07. The summed E-state index contributed by atoms with van der Waals surface area (Å²) in [5.74, 6) is -0.931. The Morgan fingerprint density at radius 2 is 2.03 bits per heavy atom. The molecule has 0 bridgehead atoms. The van der Waals surface area contributed by atoms with Crippen LogP contribution in [0.5, 0.6) is 11.5 Å². The van der Waals surface area contributed by atoms with E-state index in [1.807, 2.05) is 6.92 Å². The molecular formula is C19H22N2O6S2. The van der Waals surface area contributed by atoms with E-state index in [9.17, 15) is 14.4 Å². The fourth-order valence-electron chi connectivity index (χ4n) is 2.51. The molecule has 0 aromatic heterocycles. The Labute approximate surface area is 178 Å². The van der Waals surface area contributed by atoms with Gasteiger partial charge in [-0.25, -0.2) is 0 Å². The molecule has 1 N–H and O–H groups in total. The van der Waals surface area contributed by atoms with Gasteiger partial charge in [0.2, 0.25) is 0 Å². The fraction of sp³-hybridized carbons (Fsp3) is 0.368. The van der Waals surface area contributed by atoms with Gasteiger partial charge in [0, 0.05) is 14.1 Å². The lowest BCUT2D eigenvalue weighted by Crippen LogP contribution is -2.35. The molecular weight excluding hydrogens is 416 g/mol. The minimum atomic E-state index is -1.14. The molecule has 10 heteroatoms. The van der Waals surface area contributed by atoms with Crippen molar-refractivity contribution in [3.05, 3.63) is 28.7 Å². The zero-order valence-electron chi connectivity index (χ0n) is 16.5. The van der Waals surface area contributed by atoms with Crippen molar-refractivity contribution in [3.8, 4) is 11.5 Å². The van der Waals surface area contributed by atoms with Crippen molar-refractivity contribution < 1.29 is 29.0 Å². The third-order valence-electron chi connectivity index (χ3n) is 3.82. The largest absolute Gasteiger partial charge is 0.490 e. The topological polar surface area (TPSA) is 96.4 Å². The highest BCUT2D eigenvalue weighted by molar-refractivity contribution is 8.26. The van der Waals surface area contributed by atoms with Crippen LogP contribution < -0.4 is 9.47 Å². The van der Waals surface area contributed by atoms with Crippen LogP contribution in [0.4, 0.5) is 0 Å². The summed E-state index contributed by atoms with van der Waals surface area (Å²) in [6.45, 7) is 3.38. The first kappa shape index (κ1) is 22.7. The molecule has 1 aliphatic heterocycles. The zero-order chi connectivity index (χ0) is 21.7. The number of aliphatic carboxylic acids is 1. The third-order valence-corrected chi connectivity index (χ3v) is 5.20. The highest BCUT2D eigenvalue weighted by atomic mass is 32.2. The number of carboxylic acid groups (broad SMARTS) is 1. The summed E-state index contributed by atoms with van der Waals surface area (Å²) >= 11 is 6.14. The van der Waals surface area contributed by atoms with Crippen LogP contribution in [0.2, 0.25) is 0 Å².